The molecule has 32 heavy (non-hydrogen) atoms. The molecule has 10 rings (SSSR count). The molecular weight excluding hydrogens is 392 g/mol. The van der Waals surface area contributed by atoms with Gasteiger partial charge in [0.15, 0.2) is 0 Å². The topological polar surface area (TPSA) is 40.5 Å². The van der Waals surface area contributed by atoms with Gasteiger partial charge < -0.3 is 10.2 Å². The third-order valence-electron chi connectivity index (χ3n) is 11.3. The zero-order valence-corrected chi connectivity index (χ0v) is 19.2. The third kappa shape index (κ3) is 2.37. The highest BCUT2D eigenvalue weighted by atomic mass is 16.3. The standard InChI is InChI=1S/C30H36O2/c31-25-10-23-2-1-3-24(29-11-17-4-18(12-29)6-19(5-17)13-29)26(23)28(32)27(25)30-14-20-7-21(15-30)9-22(8-20)16-30/h1-3,10,17-22,31-32H,4-9,11-16H2. The second-order valence-electron chi connectivity index (χ2n) is 13.4. The van der Waals surface area contributed by atoms with Gasteiger partial charge in [-0.05, 0) is 135 Å². The minimum absolute atomic E-state index is 0.00564. The Bertz CT molecular complexity index is 1060. The molecule has 0 atom stereocenters. The van der Waals surface area contributed by atoms with Gasteiger partial charge in [-0.1, -0.05) is 18.2 Å². The fourth-order valence-corrected chi connectivity index (χ4v) is 11.2. The maximum absolute atomic E-state index is 12.0. The summed E-state index contributed by atoms with van der Waals surface area (Å²) in [5, 5.41) is 25.5. The van der Waals surface area contributed by atoms with Crippen LogP contribution < -0.4 is 0 Å². The molecule has 0 aliphatic heterocycles. The van der Waals surface area contributed by atoms with Crippen LogP contribution in [0.25, 0.3) is 10.8 Å². The van der Waals surface area contributed by atoms with Gasteiger partial charge in [0.1, 0.15) is 11.5 Å². The van der Waals surface area contributed by atoms with Gasteiger partial charge in [-0.3, -0.25) is 0 Å². The predicted molar refractivity (Wildman–Crippen MR) is 127 cm³/mol. The van der Waals surface area contributed by atoms with Crippen molar-refractivity contribution in [3.8, 4) is 11.5 Å². The van der Waals surface area contributed by atoms with E-state index in [2.05, 4.69) is 18.2 Å². The van der Waals surface area contributed by atoms with Crippen molar-refractivity contribution in [3.05, 3.63) is 35.4 Å². The number of phenolic OH excluding ortho intramolecular Hbond substituents is 2. The number of hydrogen-bond acceptors (Lipinski definition) is 2. The van der Waals surface area contributed by atoms with Crippen molar-refractivity contribution in [3.63, 3.8) is 0 Å². The van der Waals surface area contributed by atoms with Crippen molar-refractivity contribution < 1.29 is 10.2 Å². The Morgan fingerprint density at radius 3 is 1.59 bits per heavy atom. The van der Waals surface area contributed by atoms with Crippen molar-refractivity contribution in [2.75, 3.05) is 0 Å². The molecule has 8 saturated carbocycles. The molecular formula is C30H36O2. The van der Waals surface area contributed by atoms with Crippen molar-refractivity contribution in [1.29, 1.82) is 0 Å². The molecule has 168 valence electrons. The van der Waals surface area contributed by atoms with Gasteiger partial charge in [0.2, 0.25) is 0 Å². The summed E-state index contributed by atoms with van der Waals surface area (Å²) < 4.78 is 0. The summed E-state index contributed by atoms with van der Waals surface area (Å²) in [4.78, 5) is 0. The summed E-state index contributed by atoms with van der Waals surface area (Å²) in [7, 11) is 0. The van der Waals surface area contributed by atoms with Gasteiger partial charge in [-0.15, -0.1) is 0 Å². The fraction of sp³-hybridized carbons (Fsp3) is 0.667. The monoisotopic (exact) mass is 428 g/mol. The SMILES string of the molecule is Oc1cc2cccc(C34CC5CC(CC(C5)C3)C4)c2c(O)c1C12CC3CC(CC(C3)C1)C2. The highest BCUT2D eigenvalue weighted by Crippen LogP contribution is 2.65. The number of fused-ring (bicyclic) bond motifs is 1. The maximum Gasteiger partial charge on any atom is 0.131 e. The molecule has 0 amide bonds. The molecule has 8 bridgehead atoms. The van der Waals surface area contributed by atoms with Crippen molar-refractivity contribution in [1.82, 2.24) is 0 Å². The van der Waals surface area contributed by atoms with Gasteiger partial charge in [0.25, 0.3) is 0 Å². The number of hydrogen-bond donors (Lipinski definition) is 2. The van der Waals surface area contributed by atoms with Crippen molar-refractivity contribution >= 4 is 10.8 Å². The maximum atomic E-state index is 12.0. The van der Waals surface area contributed by atoms with Crippen LogP contribution in [-0.4, -0.2) is 10.2 Å². The lowest BCUT2D eigenvalue weighted by Gasteiger charge is -2.58. The molecule has 8 aliphatic rings. The molecule has 8 aliphatic carbocycles. The Morgan fingerprint density at radius 2 is 1.09 bits per heavy atom. The van der Waals surface area contributed by atoms with E-state index in [0.29, 0.717) is 11.5 Å². The zero-order chi connectivity index (χ0) is 21.2. The Morgan fingerprint density at radius 1 is 0.625 bits per heavy atom. The number of rotatable bonds is 2. The van der Waals surface area contributed by atoms with Crippen LogP contribution in [0.4, 0.5) is 0 Å². The summed E-state index contributed by atoms with van der Waals surface area (Å²) in [6.45, 7) is 0. The molecule has 0 saturated heterocycles. The van der Waals surface area contributed by atoms with Crippen LogP contribution in [0.3, 0.4) is 0 Å². The first-order chi connectivity index (χ1) is 15.5. The first-order valence-electron chi connectivity index (χ1n) is 13.5. The Labute approximate surface area is 191 Å². The van der Waals surface area contributed by atoms with Gasteiger partial charge in [0, 0.05) is 16.4 Å². The van der Waals surface area contributed by atoms with E-state index >= 15 is 0 Å². The lowest BCUT2D eigenvalue weighted by Crippen LogP contribution is -2.49. The molecule has 0 spiro atoms. The summed E-state index contributed by atoms with van der Waals surface area (Å²) in [5.74, 6) is 5.88. The van der Waals surface area contributed by atoms with E-state index in [1.54, 1.807) is 0 Å². The number of phenols is 2. The lowest BCUT2D eigenvalue weighted by molar-refractivity contribution is -0.00738. The summed E-state index contributed by atoms with van der Waals surface area (Å²) >= 11 is 0. The minimum atomic E-state index is 0.00564. The third-order valence-corrected chi connectivity index (χ3v) is 11.3. The van der Waals surface area contributed by atoms with Crippen LogP contribution in [0.15, 0.2) is 24.3 Å². The molecule has 0 unspecified atom stereocenters. The average molecular weight is 429 g/mol. The van der Waals surface area contributed by atoms with Crippen LogP contribution >= 0.6 is 0 Å². The zero-order valence-electron chi connectivity index (χ0n) is 19.2. The minimum Gasteiger partial charge on any atom is -0.507 e. The molecule has 2 heteroatoms. The molecule has 0 radical (unpaired) electrons. The molecule has 0 aromatic heterocycles. The van der Waals surface area contributed by atoms with E-state index in [1.165, 1.54) is 82.6 Å². The van der Waals surface area contributed by atoms with E-state index in [-0.39, 0.29) is 10.8 Å². The van der Waals surface area contributed by atoms with Crippen molar-refractivity contribution in [2.45, 2.75) is 87.9 Å². The molecule has 2 aromatic rings. The molecule has 2 aromatic carbocycles. The van der Waals surface area contributed by atoms with Crippen LogP contribution in [0, 0.1) is 35.5 Å². The van der Waals surface area contributed by atoms with E-state index < -0.39 is 0 Å². The summed E-state index contributed by atoms with van der Waals surface area (Å²) in [6, 6.07) is 8.64. The highest BCUT2D eigenvalue weighted by molar-refractivity contribution is 5.95. The molecule has 0 heterocycles. The summed E-state index contributed by atoms with van der Waals surface area (Å²) in [5.41, 5.74) is 2.60. The Balaban J connectivity index is 1.34. The predicted octanol–water partition coefficient (Wildman–Crippen LogP) is 7.19. The Hall–Kier alpha value is -1.70. The number of benzene rings is 2. The van der Waals surface area contributed by atoms with Crippen LogP contribution in [0.1, 0.15) is 88.2 Å². The summed E-state index contributed by atoms with van der Waals surface area (Å²) in [6.07, 6.45) is 15.9. The van der Waals surface area contributed by atoms with E-state index in [4.69, 9.17) is 0 Å². The molecule has 2 nitrogen and oxygen atoms in total. The first kappa shape index (κ1) is 18.7. The van der Waals surface area contributed by atoms with E-state index in [1.807, 2.05) is 6.07 Å². The quantitative estimate of drug-likeness (QED) is 0.531. The normalized spacial score (nSPS) is 45.8. The largest absolute Gasteiger partial charge is 0.507 e. The second kappa shape index (κ2) is 6.05. The fourth-order valence-electron chi connectivity index (χ4n) is 11.2. The van der Waals surface area contributed by atoms with E-state index in [9.17, 15) is 10.2 Å². The van der Waals surface area contributed by atoms with Crippen molar-refractivity contribution in [2.24, 2.45) is 35.5 Å². The lowest BCUT2D eigenvalue weighted by atomic mass is 9.47. The van der Waals surface area contributed by atoms with Gasteiger partial charge in [-0.2, -0.15) is 0 Å². The second-order valence-corrected chi connectivity index (χ2v) is 13.4. The van der Waals surface area contributed by atoms with E-state index in [0.717, 1.165) is 51.8 Å². The Kier molecular flexibility index (Phi) is 3.53. The van der Waals surface area contributed by atoms with Crippen LogP contribution in [-0.2, 0) is 10.8 Å². The van der Waals surface area contributed by atoms with Gasteiger partial charge >= 0.3 is 0 Å². The van der Waals surface area contributed by atoms with Crippen LogP contribution in [0.2, 0.25) is 0 Å². The highest BCUT2D eigenvalue weighted by Gasteiger charge is 2.55. The molecule has 2 N–H and O–H groups in total. The van der Waals surface area contributed by atoms with Gasteiger partial charge in [0.05, 0.1) is 0 Å². The van der Waals surface area contributed by atoms with Gasteiger partial charge in [-0.25, -0.2) is 0 Å². The number of aromatic hydroxyl groups is 2. The van der Waals surface area contributed by atoms with Crippen LogP contribution in [0.5, 0.6) is 11.5 Å². The molecule has 8 fully saturated rings. The first-order valence-corrected chi connectivity index (χ1v) is 13.5. The average Bonchev–Trinajstić information content (AvgIpc) is 2.71. The smallest absolute Gasteiger partial charge is 0.131 e.